The van der Waals surface area contributed by atoms with Crippen LogP contribution in [0.15, 0.2) is 66.0 Å². The van der Waals surface area contributed by atoms with Crippen LogP contribution in [0.25, 0.3) is 0 Å². The zero-order valence-electron chi connectivity index (χ0n) is 64.3. The molecule has 0 bridgehead atoms. The molecular weight excluding hydrogens is 1570 g/mol. The first-order valence-electron chi connectivity index (χ1n) is 36.3. The number of nitrogens with zero attached hydrogens (tertiary/aromatic N) is 14. The van der Waals surface area contributed by atoms with Crippen molar-refractivity contribution in [3.8, 4) is 5.88 Å². The topological polar surface area (TPSA) is 624 Å². The molecule has 628 valence electrons. The largest absolute Gasteiger partial charge is 0.480 e. The lowest BCUT2D eigenvalue weighted by atomic mass is 10.0. The summed E-state index contributed by atoms with van der Waals surface area (Å²) in [5.41, 5.74) is 40.7. The van der Waals surface area contributed by atoms with Crippen LogP contribution in [-0.4, -0.2) is 288 Å². The van der Waals surface area contributed by atoms with E-state index in [0.717, 1.165) is 43.1 Å². The van der Waals surface area contributed by atoms with Gasteiger partial charge in [0.25, 0.3) is 0 Å². The van der Waals surface area contributed by atoms with Crippen LogP contribution in [0, 0.1) is 17.8 Å². The summed E-state index contributed by atoms with van der Waals surface area (Å²) in [5, 5.41) is 97.9. The third-order valence-corrected chi connectivity index (χ3v) is 23.8. The number of aliphatic hydroxyl groups is 9. The van der Waals surface area contributed by atoms with E-state index in [4.69, 9.17) is 78.0 Å². The van der Waals surface area contributed by atoms with Crippen molar-refractivity contribution in [1.82, 2.24) is 39.9 Å². The van der Waals surface area contributed by atoms with Gasteiger partial charge in [0.1, 0.15) is 128 Å². The normalized spacial score (nSPS) is 28.3. The Morgan fingerprint density at radius 1 is 0.500 bits per heavy atom. The highest BCUT2D eigenvalue weighted by Gasteiger charge is 2.54. The lowest BCUT2D eigenvalue weighted by Crippen LogP contribution is -2.42. The third kappa shape index (κ3) is 18.3. The quantitative estimate of drug-likeness (QED) is 0.0306. The summed E-state index contributed by atoms with van der Waals surface area (Å²) in [4.78, 5) is 83.0. The second-order valence-electron chi connectivity index (χ2n) is 28.5. The number of rotatable bonds is 22. The van der Waals surface area contributed by atoms with E-state index < -0.39 is 134 Å². The Balaban J connectivity index is 0.000000161. The van der Waals surface area contributed by atoms with Gasteiger partial charge in [-0.2, -0.15) is 39.9 Å². The van der Waals surface area contributed by atoms with Crippen LogP contribution in [0.5, 0.6) is 5.88 Å². The molecule has 0 aromatic carbocycles. The smallest absolute Gasteiger partial charge is 0.323 e. The maximum Gasteiger partial charge on any atom is 0.323 e. The first-order valence-corrected chi connectivity index (χ1v) is 39.6. The fraction of sp³-hybridized carbons (Fsp3) is 0.603. The van der Waals surface area contributed by atoms with Crippen LogP contribution >= 0.6 is 47.0 Å². The summed E-state index contributed by atoms with van der Waals surface area (Å²) in [5.74, 6) is 2.03. The van der Waals surface area contributed by atoms with E-state index in [1.165, 1.54) is 59.1 Å². The monoisotopic (exact) mass is 1670 g/mol. The van der Waals surface area contributed by atoms with Gasteiger partial charge in [0.05, 0.1) is 48.5 Å². The van der Waals surface area contributed by atoms with Gasteiger partial charge >= 0.3 is 17.9 Å². The number of nitrogens with one attached hydrogen (secondary N) is 1. The van der Waals surface area contributed by atoms with Crippen LogP contribution in [0.2, 0.25) is 0 Å². The molecule has 5 fully saturated rings. The molecule has 4 aromatic rings. The SMILES string of the molecule is C=C1Sc2c(N(C)C)nc(N)nc2N1[C@@H]1O[C@H](COC(=O)[C@@H](N)C(C)CC)[C@@H](O)[C@H]1O.C=C1Sc2c(N3CCCC3)nc(N)nc2N1[C@@H]1O[C@H](CO)[C@@H](O)[C@H]1O.C=C1Sc2c(NC)nc(N)nc2N1[C@@H]1O[C@H](COC(=O)[C@@H](N)C(C)C)[C@@H](O)[C@H]1O.C=C1Sc2c(OC)nc(N)nc2N1[C@@H]1O[C@H](COC(=O)[C@@H](N)C(C)C)[C@@H](O)[C@H]1O. The van der Waals surface area contributed by atoms with Gasteiger partial charge < -0.3 is 139 Å². The molecule has 13 rings (SSSR count). The first kappa shape index (κ1) is 88.4. The van der Waals surface area contributed by atoms with Gasteiger partial charge in [0.15, 0.2) is 54.0 Å². The van der Waals surface area contributed by atoms with Crippen molar-refractivity contribution in [2.24, 2.45) is 35.0 Å². The first-order chi connectivity index (χ1) is 53.9. The summed E-state index contributed by atoms with van der Waals surface area (Å²) >= 11 is 5.23. The Morgan fingerprint density at radius 2 is 0.833 bits per heavy atom. The number of aromatic nitrogens is 8. The molecule has 1 unspecified atom stereocenters. The molecule has 114 heavy (non-hydrogen) atoms. The molecule has 0 radical (unpaired) electrons. The van der Waals surface area contributed by atoms with Crippen molar-refractivity contribution >= 4 is 129 Å². The number of esters is 3. The fourth-order valence-corrected chi connectivity index (χ4v) is 17.0. The predicted molar refractivity (Wildman–Crippen MR) is 423 cm³/mol. The molecule has 46 heteroatoms. The maximum atomic E-state index is 12.2. The number of nitrogen functional groups attached to an aromatic ring is 4. The Hall–Kier alpha value is -7.95. The molecule has 0 saturated carbocycles. The highest BCUT2D eigenvalue weighted by molar-refractivity contribution is 8.04. The maximum absolute atomic E-state index is 12.2. The molecule has 4 aromatic heterocycles. The minimum Gasteiger partial charge on any atom is -0.480 e. The van der Waals surface area contributed by atoms with E-state index in [9.17, 15) is 60.3 Å². The molecule has 5 saturated heterocycles. The van der Waals surface area contributed by atoms with Gasteiger partial charge in [-0.05, 0) is 30.6 Å². The van der Waals surface area contributed by atoms with E-state index in [2.05, 4.69) is 76.4 Å². The van der Waals surface area contributed by atoms with Crippen LogP contribution in [0.3, 0.4) is 0 Å². The van der Waals surface area contributed by atoms with E-state index in [0.29, 0.717) is 69.7 Å². The number of ether oxygens (including phenoxy) is 8. The number of anilines is 11. The number of aliphatic hydroxyl groups excluding tert-OH is 9. The molecule has 9 aliphatic rings. The van der Waals surface area contributed by atoms with Gasteiger partial charge in [-0.15, -0.1) is 0 Å². The zero-order chi connectivity index (χ0) is 83.7. The van der Waals surface area contributed by atoms with Crippen molar-refractivity contribution in [3.63, 3.8) is 0 Å². The molecule has 0 spiro atoms. The number of fused-ring (bicyclic) bond motifs is 4. The minimum absolute atomic E-state index is 0.0258. The van der Waals surface area contributed by atoms with E-state index in [1.54, 1.807) is 54.3 Å². The van der Waals surface area contributed by atoms with Gasteiger partial charge in [-0.1, -0.05) is 121 Å². The number of hydrogen-bond acceptors (Lipinski definition) is 46. The lowest BCUT2D eigenvalue weighted by Gasteiger charge is -2.28. The summed E-state index contributed by atoms with van der Waals surface area (Å²) < 4.78 is 43.9. The van der Waals surface area contributed by atoms with Gasteiger partial charge in [0, 0.05) is 34.2 Å². The number of methoxy groups -OCH3 is 1. The third-order valence-electron chi connectivity index (χ3n) is 19.7. The minimum atomic E-state index is -1.32. The molecule has 13 heterocycles. The van der Waals surface area contributed by atoms with Crippen molar-refractivity contribution in [3.05, 3.63) is 46.4 Å². The molecule has 20 atom stereocenters. The summed E-state index contributed by atoms with van der Waals surface area (Å²) in [6, 6.07) is -2.34. The molecule has 0 amide bonds. The fourth-order valence-electron chi connectivity index (χ4n) is 12.9. The number of thioether (sulfide) groups is 4. The second-order valence-corrected chi connectivity index (χ2v) is 32.8. The molecule has 0 aliphatic carbocycles. The Morgan fingerprint density at radius 3 is 1.22 bits per heavy atom. The lowest BCUT2D eigenvalue weighted by molar-refractivity contribution is -0.152. The van der Waals surface area contributed by atoms with Crippen molar-refractivity contribution in [2.75, 3.05) is 125 Å². The summed E-state index contributed by atoms with van der Waals surface area (Å²) in [7, 11) is 6.80. The van der Waals surface area contributed by atoms with E-state index in [1.807, 2.05) is 27.9 Å². The van der Waals surface area contributed by atoms with Crippen LogP contribution < -0.4 is 79.6 Å². The van der Waals surface area contributed by atoms with Crippen molar-refractivity contribution in [1.29, 1.82) is 0 Å². The Kier molecular flexibility index (Phi) is 28.8. The van der Waals surface area contributed by atoms with E-state index >= 15 is 0 Å². The van der Waals surface area contributed by atoms with Crippen LogP contribution in [0.4, 0.5) is 64.5 Å². The molecular formula is C68H102N22O20S4. The Labute approximate surface area is 673 Å². The number of hydrogen-bond donors (Lipinski definition) is 17. The molecule has 9 aliphatic heterocycles. The second kappa shape index (κ2) is 37.1. The number of carbonyl (C=O) groups is 3. The average Bonchev–Trinajstić information content (AvgIpc) is 1.63. The van der Waals surface area contributed by atoms with Crippen LogP contribution in [-0.2, 0) is 47.5 Å². The van der Waals surface area contributed by atoms with Crippen molar-refractivity contribution in [2.45, 2.75) is 197 Å². The highest BCUT2D eigenvalue weighted by Crippen LogP contribution is 2.55. The summed E-state index contributed by atoms with van der Waals surface area (Å²) in [6.45, 7) is 27.6. The van der Waals surface area contributed by atoms with Gasteiger partial charge in [0.2, 0.25) is 29.7 Å². The standard InChI is InChI=1S/C19H30N6O5S.C17H26N6O5S.C17H25N5O6S.C15H21N5O4S/c1-6-8(2)11(20)18(28)29-7-10-12(26)13(27)17(30-10)25-9(3)31-14-15(24(4)5)22-19(21)23-16(14)25;1-6(2)9(18)16(26)27-5-8-10(24)11(25)15(28-8)23-7(3)29-12-13(20-4)21-17(19)22-14(12)23;1-6(2)9(18)16(25)27-5-8-10(23)11(24)15(28-8)22-7(3)29-12-13(22)20-17(19)21-14(12)26-4;1-7-20(14-10(23)9(22)8(6-21)24-14)13-11(25-7)12(17-15(16)18-13)19-4-2-3-5-19/h8,10-13,17,26-27H,3,6-7,20H2,1-2,4-5H3,(H2,21,22,23);6,8-11,15,24-25H,3,5,18H2,1-2,4H3,(H3,19,20,21,22);6,8-11,15,23-24H,3,5,18H2,1-2,4H3,(H2,19,20,21);8-10,14,21-23H,1-6H2,(H2,16,17,18)/t8?,10-,11+,12-,13-,17-;2*8-,9+,10-,11-,15-;8-,9-,10-,14-/m1111/s1. The average molecular weight is 1680 g/mol. The predicted octanol–water partition coefficient (Wildman–Crippen LogP) is -1.77. The van der Waals surface area contributed by atoms with Crippen LogP contribution in [0.1, 0.15) is 60.8 Å². The van der Waals surface area contributed by atoms with Crippen molar-refractivity contribution < 1.29 is 98.2 Å². The van der Waals surface area contributed by atoms with Gasteiger partial charge in [-0.3, -0.25) is 34.0 Å². The Bertz CT molecular complexity index is 4080. The van der Waals surface area contributed by atoms with E-state index in [-0.39, 0.29) is 73.9 Å². The highest BCUT2D eigenvalue weighted by atomic mass is 32.2. The number of carbonyl (C=O) groups excluding carboxylic acids is 3. The summed E-state index contributed by atoms with van der Waals surface area (Å²) in [6.07, 6.45) is -14.8. The zero-order valence-corrected chi connectivity index (χ0v) is 67.6. The molecule has 42 nitrogen and oxygen atoms in total. The molecule has 24 N–H and O–H groups in total. The number of nitrogens with two attached hydrogens (primary N) is 7. The van der Waals surface area contributed by atoms with Gasteiger partial charge in [-0.25, -0.2) is 0 Å².